The van der Waals surface area contributed by atoms with Gasteiger partial charge in [-0.15, -0.1) is 0 Å². The summed E-state index contributed by atoms with van der Waals surface area (Å²) in [5.74, 6) is 1.21. The Hall–Kier alpha value is -3.60. The van der Waals surface area contributed by atoms with Crippen LogP contribution in [0.5, 0.6) is 0 Å². The van der Waals surface area contributed by atoms with E-state index in [-0.39, 0.29) is 5.91 Å². The van der Waals surface area contributed by atoms with Gasteiger partial charge in [-0.2, -0.15) is 5.26 Å². The molecule has 0 aliphatic carbocycles. The average molecular weight is 458 g/mol. The molecule has 7 heteroatoms. The fourth-order valence-electron chi connectivity index (χ4n) is 4.29. The Morgan fingerprint density at radius 3 is 2.50 bits per heavy atom. The summed E-state index contributed by atoms with van der Waals surface area (Å²) in [7, 11) is 0. The van der Waals surface area contributed by atoms with Gasteiger partial charge in [0.15, 0.2) is 0 Å². The molecule has 0 atom stereocenters. The van der Waals surface area contributed by atoms with Crippen LogP contribution < -0.4 is 5.32 Å². The molecule has 0 bridgehead atoms. The van der Waals surface area contributed by atoms with Gasteiger partial charge in [-0.3, -0.25) is 14.6 Å². The predicted octanol–water partition coefficient (Wildman–Crippen LogP) is 3.89. The number of anilines is 1. The number of piperazine rings is 1. The minimum atomic E-state index is -0.105. The zero-order valence-electron chi connectivity index (χ0n) is 19.8. The highest BCUT2D eigenvalue weighted by Gasteiger charge is 2.23. The molecule has 0 spiro atoms. The van der Waals surface area contributed by atoms with Crippen molar-refractivity contribution in [3.8, 4) is 6.07 Å². The van der Waals surface area contributed by atoms with Gasteiger partial charge in [0.05, 0.1) is 24.9 Å². The van der Waals surface area contributed by atoms with Crippen molar-refractivity contribution in [3.05, 3.63) is 82.9 Å². The fourth-order valence-corrected chi connectivity index (χ4v) is 4.29. The lowest BCUT2D eigenvalue weighted by Gasteiger charge is -2.33. The number of nitriles is 1. The number of hydrogen-bond acceptors (Lipinski definition) is 5. The predicted molar refractivity (Wildman–Crippen MR) is 133 cm³/mol. The van der Waals surface area contributed by atoms with Crippen LogP contribution in [0.15, 0.2) is 59.2 Å². The standard InChI is InChI=1S/C27H31N5O2/c1-21-22(2)32(19-24-11-7-17-34-24)27(25(21)18-28)29-26(33)20-31-15-13-30(14-16-31)12-6-10-23-8-4-3-5-9-23/h3-11,17H,12-16,19-20H2,1-2H3,(H,29,33)/b10-6+. The Morgan fingerprint density at radius 1 is 1.09 bits per heavy atom. The number of carbonyl (C=O) groups excluding carboxylic acids is 1. The number of rotatable bonds is 8. The van der Waals surface area contributed by atoms with E-state index >= 15 is 0 Å². The summed E-state index contributed by atoms with van der Waals surface area (Å²) in [4.78, 5) is 17.5. The van der Waals surface area contributed by atoms with Crippen LogP contribution in [-0.4, -0.2) is 59.5 Å². The number of nitrogens with zero attached hydrogens (tertiary/aromatic N) is 4. The van der Waals surface area contributed by atoms with E-state index in [0.29, 0.717) is 24.5 Å². The monoisotopic (exact) mass is 457 g/mol. The largest absolute Gasteiger partial charge is 0.467 e. The van der Waals surface area contributed by atoms with Crippen LogP contribution in [-0.2, 0) is 11.3 Å². The second-order valence-corrected chi connectivity index (χ2v) is 8.65. The van der Waals surface area contributed by atoms with Gasteiger partial charge < -0.3 is 14.3 Å². The van der Waals surface area contributed by atoms with Gasteiger partial charge in [0.2, 0.25) is 5.91 Å². The number of benzene rings is 1. The molecular formula is C27H31N5O2. The maximum absolute atomic E-state index is 12.9. The summed E-state index contributed by atoms with van der Waals surface area (Å²) in [5, 5.41) is 12.7. The molecule has 4 rings (SSSR count). The summed E-state index contributed by atoms with van der Waals surface area (Å²) in [6.45, 7) is 9.06. The van der Waals surface area contributed by atoms with Crippen molar-refractivity contribution >= 4 is 17.8 Å². The first-order valence-electron chi connectivity index (χ1n) is 11.6. The summed E-state index contributed by atoms with van der Waals surface area (Å²) in [5.41, 5.74) is 3.53. The van der Waals surface area contributed by atoms with Gasteiger partial charge >= 0.3 is 0 Å². The third-order valence-corrected chi connectivity index (χ3v) is 6.40. The number of nitrogens with one attached hydrogen (secondary N) is 1. The second-order valence-electron chi connectivity index (χ2n) is 8.65. The molecular weight excluding hydrogens is 426 g/mol. The Bertz CT molecular complexity index is 1160. The molecule has 3 aromatic rings. The van der Waals surface area contributed by atoms with Crippen LogP contribution in [0, 0.1) is 25.2 Å². The minimum absolute atomic E-state index is 0.105. The van der Waals surface area contributed by atoms with Crippen LogP contribution in [0.1, 0.15) is 28.1 Å². The molecule has 3 heterocycles. The molecule has 1 saturated heterocycles. The normalized spacial score (nSPS) is 15.0. The number of amides is 1. The molecule has 1 amide bonds. The summed E-state index contributed by atoms with van der Waals surface area (Å²) in [6.07, 6.45) is 5.97. The Labute approximate surface area is 200 Å². The van der Waals surface area contributed by atoms with Crippen molar-refractivity contribution in [2.45, 2.75) is 20.4 Å². The van der Waals surface area contributed by atoms with Crippen molar-refractivity contribution in [1.82, 2.24) is 14.4 Å². The first-order valence-corrected chi connectivity index (χ1v) is 11.6. The lowest BCUT2D eigenvalue weighted by atomic mass is 10.2. The first-order chi connectivity index (χ1) is 16.5. The van der Waals surface area contributed by atoms with E-state index in [1.165, 1.54) is 5.56 Å². The van der Waals surface area contributed by atoms with E-state index in [1.807, 2.05) is 48.7 Å². The van der Waals surface area contributed by atoms with Crippen LogP contribution in [0.4, 0.5) is 5.82 Å². The van der Waals surface area contributed by atoms with Crippen molar-refractivity contribution in [1.29, 1.82) is 5.26 Å². The van der Waals surface area contributed by atoms with Gasteiger partial charge in [-0.05, 0) is 37.1 Å². The summed E-state index contributed by atoms with van der Waals surface area (Å²) in [6, 6.07) is 16.3. The highest BCUT2D eigenvalue weighted by atomic mass is 16.3. The van der Waals surface area contributed by atoms with Crippen molar-refractivity contribution < 1.29 is 9.21 Å². The topological polar surface area (TPSA) is 77.4 Å². The third kappa shape index (κ3) is 5.66. The minimum Gasteiger partial charge on any atom is -0.467 e. The third-order valence-electron chi connectivity index (χ3n) is 6.40. The van der Waals surface area contributed by atoms with Crippen molar-refractivity contribution in [2.75, 3.05) is 44.6 Å². The molecule has 7 nitrogen and oxygen atoms in total. The molecule has 1 fully saturated rings. The lowest BCUT2D eigenvalue weighted by Crippen LogP contribution is -2.48. The van der Waals surface area contributed by atoms with Crippen molar-refractivity contribution in [2.24, 2.45) is 0 Å². The number of hydrogen-bond donors (Lipinski definition) is 1. The fraction of sp³-hybridized carbons (Fsp3) is 0.333. The molecule has 0 unspecified atom stereocenters. The zero-order chi connectivity index (χ0) is 23.9. The molecule has 1 aliphatic rings. The van der Waals surface area contributed by atoms with Gasteiger partial charge in [0.25, 0.3) is 0 Å². The van der Waals surface area contributed by atoms with E-state index in [0.717, 1.165) is 49.7 Å². The summed E-state index contributed by atoms with van der Waals surface area (Å²) < 4.78 is 7.43. The smallest absolute Gasteiger partial charge is 0.239 e. The molecule has 1 aliphatic heterocycles. The molecule has 1 N–H and O–H groups in total. The zero-order valence-corrected chi connectivity index (χ0v) is 19.8. The number of carbonyl (C=O) groups is 1. The van der Waals surface area contributed by atoms with E-state index in [1.54, 1.807) is 6.26 Å². The highest BCUT2D eigenvalue weighted by Crippen LogP contribution is 2.27. The lowest BCUT2D eigenvalue weighted by molar-refractivity contribution is -0.117. The van der Waals surface area contributed by atoms with Crippen LogP contribution in [0.3, 0.4) is 0 Å². The number of furan rings is 1. The molecule has 1 aromatic carbocycles. The number of aromatic nitrogens is 1. The average Bonchev–Trinajstić information content (AvgIpc) is 3.44. The van der Waals surface area contributed by atoms with Gasteiger partial charge in [-0.25, -0.2) is 0 Å². The second kappa shape index (κ2) is 11.0. The van der Waals surface area contributed by atoms with Crippen molar-refractivity contribution in [3.63, 3.8) is 0 Å². The van der Waals surface area contributed by atoms with Gasteiger partial charge in [0.1, 0.15) is 17.6 Å². The SMILES string of the molecule is Cc1c(C#N)c(NC(=O)CN2CCN(C/C=C/c3ccccc3)CC2)n(Cc2ccco2)c1C. The van der Waals surface area contributed by atoms with Crippen LogP contribution in [0.25, 0.3) is 6.08 Å². The van der Waals surface area contributed by atoms with Gasteiger partial charge in [0, 0.05) is 38.4 Å². The Kier molecular flexibility index (Phi) is 7.63. The highest BCUT2D eigenvalue weighted by molar-refractivity contribution is 5.93. The van der Waals surface area contributed by atoms with Crippen LogP contribution >= 0.6 is 0 Å². The van der Waals surface area contributed by atoms with Gasteiger partial charge in [-0.1, -0.05) is 42.5 Å². The van der Waals surface area contributed by atoms with E-state index in [2.05, 4.69) is 45.5 Å². The molecule has 2 aromatic heterocycles. The Balaban J connectivity index is 1.32. The molecule has 34 heavy (non-hydrogen) atoms. The molecule has 176 valence electrons. The van der Waals surface area contributed by atoms with E-state index in [4.69, 9.17) is 4.42 Å². The quantitative estimate of drug-likeness (QED) is 0.555. The van der Waals surface area contributed by atoms with E-state index in [9.17, 15) is 10.1 Å². The summed E-state index contributed by atoms with van der Waals surface area (Å²) >= 11 is 0. The van der Waals surface area contributed by atoms with E-state index < -0.39 is 0 Å². The van der Waals surface area contributed by atoms with Crippen LogP contribution in [0.2, 0.25) is 0 Å². The Morgan fingerprint density at radius 2 is 1.82 bits per heavy atom. The maximum atomic E-state index is 12.9. The molecule has 0 saturated carbocycles. The molecule has 0 radical (unpaired) electrons. The first kappa shape index (κ1) is 23.6. The maximum Gasteiger partial charge on any atom is 0.239 e.